The summed E-state index contributed by atoms with van der Waals surface area (Å²) in [6.45, 7) is 7.60. The summed E-state index contributed by atoms with van der Waals surface area (Å²) in [5.74, 6) is 2.43. The zero-order valence-electron chi connectivity index (χ0n) is 16.3. The van der Waals surface area contributed by atoms with Gasteiger partial charge in [0.05, 0.1) is 0 Å². The number of nitrogens with zero attached hydrogens (tertiary/aromatic N) is 5. The lowest BCUT2D eigenvalue weighted by atomic mass is 10.1. The van der Waals surface area contributed by atoms with Crippen molar-refractivity contribution in [2.24, 2.45) is 0 Å². The normalized spacial score (nSPS) is 14.2. The van der Waals surface area contributed by atoms with Gasteiger partial charge in [-0.1, -0.05) is 18.2 Å². The van der Waals surface area contributed by atoms with Gasteiger partial charge in [0, 0.05) is 38.1 Å². The molecule has 1 aromatic carbocycles. The lowest BCUT2D eigenvalue weighted by Gasteiger charge is -2.36. The van der Waals surface area contributed by atoms with Crippen molar-refractivity contribution in [3.63, 3.8) is 0 Å². The summed E-state index contributed by atoms with van der Waals surface area (Å²) in [6, 6.07) is 12.2. The van der Waals surface area contributed by atoms with E-state index in [1.165, 1.54) is 11.1 Å². The van der Waals surface area contributed by atoms with Crippen LogP contribution < -0.4 is 20.9 Å². The minimum absolute atomic E-state index is 0.578. The quantitative estimate of drug-likeness (QED) is 0.725. The number of hydrogen-bond acceptors (Lipinski definition) is 7. The van der Waals surface area contributed by atoms with Crippen LogP contribution in [0.5, 0.6) is 0 Å². The lowest BCUT2D eigenvalue weighted by Crippen LogP contribution is -2.47. The fourth-order valence-corrected chi connectivity index (χ4v) is 3.44. The van der Waals surface area contributed by atoms with Crippen molar-refractivity contribution in [1.29, 1.82) is 0 Å². The minimum atomic E-state index is 0.578. The molecule has 0 atom stereocenters. The third-order valence-corrected chi connectivity index (χ3v) is 5.27. The number of anilines is 5. The molecule has 2 aromatic heterocycles. The first-order valence-electron chi connectivity index (χ1n) is 9.48. The van der Waals surface area contributed by atoms with Crippen molar-refractivity contribution in [2.75, 3.05) is 47.0 Å². The van der Waals surface area contributed by atoms with Gasteiger partial charge in [0.25, 0.3) is 0 Å². The summed E-state index contributed by atoms with van der Waals surface area (Å²) < 4.78 is 0. The zero-order chi connectivity index (χ0) is 19.5. The fraction of sp³-hybridized carbons (Fsp3) is 0.286. The van der Waals surface area contributed by atoms with Crippen LogP contribution in [0.25, 0.3) is 0 Å². The summed E-state index contributed by atoms with van der Waals surface area (Å²) >= 11 is 0. The number of nitrogens with one attached hydrogen (secondary N) is 1. The molecule has 7 nitrogen and oxygen atoms in total. The van der Waals surface area contributed by atoms with Gasteiger partial charge in [0.1, 0.15) is 17.8 Å². The Hall–Kier alpha value is -3.35. The maximum atomic E-state index is 6.44. The Labute approximate surface area is 165 Å². The Balaban J connectivity index is 1.50. The average Bonchev–Trinajstić information content (AvgIpc) is 2.74. The summed E-state index contributed by atoms with van der Waals surface area (Å²) in [4.78, 5) is 17.8. The Morgan fingerprint density at radius 3 is 2.43 bits per heavy atom. The minimum Gasteiger partial charge on any atom is -0.393 e. The molecule has 1 aliphatic rings. The lowest BCUT2D eigenvalue weighted by molar-refractivity contribution is 0.642. The van der Waals surface area contributed by atoms with E-state index in [0.717, 1.165) is 43.5 Å². The fourth-order valence-electron chi connectivity index (χ4n) is 3.44. The van der Waals surface area contributed by atoms with Crippen LogP contribution in [0.3, 0.4) is 0 Å². The van der Waals surface area contributed by atoms with Crippen LogP contribution in [0.4, 0.5) is 28.8 Å². The van der Waals surface area contributed by atoms with Crippen molar-refractivity contribution in [3.8, 4) is 0 Å². The summed E-state index contributed by atoms with van der Waals surface area (Å²) in [5, 5.41) is 3.37. The van der Waals surface area contributed by atoms with Crippen LogP contribution in [0.1, 0.15) is 11.1 Å². The monoisotopic (exact) mass is 375 g/mol. The SMILES string of the molecule is Cc1cccc(Nc2ncnc(N3CCN(c4ccccn4)CC3)c2N)c1C. The number of rotatable bonds is 4. The maximum absolute atomic E-state index is 6.44. The van der Waals surface area contributed by atoms with E-state index in [-0.39, 0.29) is 0 Å². The molecule has 0 unspecified atom stereocenters. The molecule has 144 valence electrons. The van der Waals surface area contributed by atoms with Gasteiger partial charge in [-0.3, -0.25) is 0 Å². The number of pyridine rings is 1. The van der Waals surface area contributed by atoms with Gasteiger partial charge in [0.2, 0.25) is 0 Å². The predicted molar refractivity (Wildman–Crippen MR) is 114 cm³/mol. The van der Waals surface area contributed by atoms with Gasteiger partial charge >= 0.3 is 0 Å². The Morgan fingerprint density at radius 1 is 0.893 bits per heavy atom. The smallest absolute Gasteiger partial charge is 0.159 e. The second kappa shape index (κ2) is 7.72. The van der Waals surface area contributed by atoms with E-state index in [2.05, 4.69) is 50.0 Å². The molecule has 0 radical (unpaired) electrons. The third kappa shape index (κ3) is 3.55. The van der Waals surface area contributed by atoms with Crippen LogP contribution in [-0.4, -0.2) is 41.1 Å². The first-order valence-corrected chi connectivity index (χ1v) is 9.48. The van der Waals surface area contributed by atoms with E-state index in [1.807, 2.05) is 36.5 Å². The van der Waals surface area contributed by atoms with Crippen LogP contribution in [-0.2, 0) is 0 Å². The van der Waals surface area contributed by atoms with E-state index in [1.54, 1.807) is 6.33 Å². The van der Waals surface area contributed by atoms with Crippen LogP contribution in [0, 0.1) is 13.8 Å². The molecule has 1 fully saturated rings. The highest BCUT2D eigenvalue weighted by molar-refractivity contribution is 5.79. The topological polar surface area (TPSA) is 83.2 Å². The van der Waals surface area contributed by atoms with E-state index in [4.69, 9.17) is 5.73 Å². The molecule has 0 amide bonds. The first kappa shape index (κ1) is 18.0. The second-order valence-electron chi connectivity index (χ2n) is 6.99. The Morgan fingerprint density at radius 2 is 1.68 bits per heavy atom. The molecule has 3 heterocycles. The van der Waals surface area contributed by atoms with E-state index >= 15 is 0 Å². The highest BCUT2D eigenvalue weighted by Crippen LogP contribution is 2.31. The second-order valence-corrected chi connectivity index (χ2v) is 6.99. The molecule has 4 rings (SSSR count). The first-order chi connectivity index (χ1) is 13.6. The zero-order valence-corrected chi connectivity index (χ0v) is 16.3. The van der Waals surface area contributed by atoms with Crippen LogP contribution >= 0.6 is 0 Å². The van der Waals surface area contributed by atoms with E-state index in [9.17, 15) is 0 Å². The number of benzene rings is 1. The largest absolute Gasteiger partial charge is 0.393 e. The number of nitrogens with two attached hydrogens (primary N) is 1. The molecule has 0 spiro atoms. The number of piperazine rings is 1. The highest BCUT2D eigenvalue weighted by atomic mass is 15.3. The molecule has 1 saturated heterocycles. The molecule has 1 aliphatic heterocycles. The van der Waals surface area contributed by atoms with Gasteiger partial charge in [-0.25, -0.2) is 15.0 Å². The molecular formula is C21H25N7. The average molecular weight is 375 g/mol. The predicted octanol–water partition coefficient (Wildman–Crippen LogP) is 3.14. The van der Waals surface area contributed by atoms with Gasteiger partial charge in [-0.15, -0.1) is 0 Å². The molecule has 3 aromatic rings. The molecule has 0 bridgehead atoms. The van der Waals surface area contributed by atoms with Crippen LogP contribution in [0.2, 0.25) is 0 Å². The standard InChI is InChI=1S/C21H25N7/c1-15-6-5-7-17(16(15)2)26-20-19(22)21(25-14-24-20)28-12-10-27(11-13-28)18-8-3-4-9-23-18/h3-9,14H,10-13,22H2,1-2H3,(H,24,25,26). The summed E-state index contributed by atoms with van der Waals surface area (Å²) in [7, 11) is 0. The molecule has 28 heavy (non-hydrogen) atoms. The highest BCUT2D eigenvalue weighted by Gasteiger charge is 2.22. The Bertz CT molecular complexity index is 950. The summed E-state index contributed by atoms with van der Waals surface area (Å²) in [6.07, 6.45) is 3.40. The van der Waals surface area contributed by atoms with Crippen molar-refractivity contribution in [3.05, 3.63) is 60.0 Å². The summed E-state index contributed by atoms with van der Waals surface area (Å²) in [5.41, 5.74) is 10.4. The van der Waals surface area contributed by atoms with Gasteiger partial charge in [-0.05, 0) is 43.2 Å². The van der Waals surface area contributed by atoms with Gasteiger partial charge < -0.3 is 20.9 Å². The number of aryl methyl sites for hydroxylation is 1. The molecule has 0 saturated carbocycles. The van der Waals surface area contributed by atoms with Crippen LogP contribution in [0.15, 0.2) is 48.9 Å². The molecule has 0 aliphatic carbocycles. The maximum Gasteiger partial charge on any atom is 0.159 e. The molecule has 3 N–H and O–H groups in total. The number of aromatic nitrogens is 3. The van der Waals surface area contributed by atoms with Crippen molar-refractivity contribution in [2.45, 2.75) is 13.8 Å². The Kier molecular flexibility index (Phi) is 4.97. The third-order valence-electron chi connectivity index (χ3n) is 5.27. The van der Waals surface area contributed by atoms with Crippen molar-refractivity contribution in [1.82, 2.24) is 15.0 Å². The molecular weight excluding hydrogens is 350 g/mol. The van der Waals surface area contributed by atoms with Gasteiger partial charge in [0.15, 0.2) is 11.6 Å². The number of hydrogen-bond donors (Lipinski definition) is 2. The van der Waals surface area contributed by atoms with E-state index < -0.39 is 0 Å². The van der Waals surface area contributed by atoms with E-state index in [0.29, 0.717) is 11.5 Å². The van der Waals surface area contributed by atoms with Crippen molar-refractivity contribution < 1.29 is 0 Å². The molecule has 7 heteroatoms. The van der Waals surface area contributed by atoms with Crippen molar-refractivity contribution >= 4 is 28.8 Å². The van der Waals surface area contributed by atoms with Gasteiger partial charge in [-0.2, -0.15) is 0 Å². The number of nitrogen functional groups attached to an aromatic ring is 1.